The average Bonchev–Trinajstić information content (AvgIpc) is 3.54. The molecular formula is C50H36N2O. The van der Waals surface area contributed by atoms with Crippen LogP contribution in [0.5, 0.6) is 5.75 Å². The number of anilines is 3. The molecule has 1 aromatic heterocycles. The fourth-order valence-electron chi connectivity index (χ4n) is 8.80. The summed E-state index contributed by atoms with van der Waals surface area (Å²) in [4.78, 5) is 2.46. The number of allylic oxidation sites excluding steroid dienone is 5. The van der Waals surface area contributed by atoms with Crippen LogP contribution in [0, 0.1) is 0 Å². The van der Waals surface area contributed by atoms with E-state index in [1.54, 1.807) is 0 Å². The predicted octanol–water partition coefficient (Wildman–Crippen LogP) is 13.0. The summed E-state index contributed by atoms with van der Waals surface area (Å²) in [6.07, 6.45) is 6.08. The second-order valence-corrected chi connectivity index (χ2v) is 13.8. The summed E-state index contributed by atoms with van der Waals surface area (Å²) in [6, 6.07) is 61.4. The van der Waals surface area contributed by atoms with Gasteiger partial charge in [-0.2, -0.15) is 0 Å². The minimum absolute atomic E-state index is 0.697. The van der Waals surface area contributed by atoms with E-state index in [0.29, 0.717) is 0 Å². The number of rotatable bonds is 5. The molecule has 252 valence electrons. The average molecular weight is 681 g/mol. The van der Waals surface area contributed by atoms with Gasteiger partial charge in [-0.1, -0.05) is 140 Å². The van der Waals surface area contributed by atoms with Crippen LogP contribution in [-0.4, -0.2) is 4.57 Å². The lowest BCUT2D eigenvalue weighted by molar-refractivity contribution is 0.386. The minimum Gasteiger partial charge on any atom is -0.461 e. The number of aromatic nitrogens is 1. The SMILES string of the molecule is C=C/C=C\C1=C(C)Oc2ccccc2C12c1ccccc1N(c1ccc(-c3ccccc3)cc1)c1cc3c4ccccc4n(-c4ccccc4)c3cc12. The minimum atomic E-state index is -0.697. The molecule has 0 saturated heterocycles. The molecule has 0 aliphatic carbocycles. The third kappa shape index (κ3) is 4.54. The number of fused-ring (bicyclic) bond motifs is 9. The highest BCUT2D eigenvalue weighted by atomic mass is 16.5. The summed E-state index contributed by atoms with van der Waals surface area (Å²) >= 11 is 0. The Morgan fingerprint density at radius 2 is 1.21 bits per heavy atom. The molecule has 3 heteroatoms. The fourth-order valence-corrected chi connectivity index (χ4v) is 8.80. The quantitative estimate of drug-likeness (QED) is 0.168. The first-order valence-electron chi connectivity index (χ1n) is 18.1. The van der Waals surface area contributed by atoms with Gasteiger partial charge < -0.3 is 14.2 Å². The van der Waals surface area contributed by atoms with Crippen molar-refractivity contribution in [1.29, 1.82) is 0 Å². The highest BCUT2D eigenvalue weighted by Gasteiger charge is 2.51. The van der Waals surface area contributed by atoms with Gasteiger partial charge in [-0.05, 0) is 83.8 Å². The molecule has 1 spiro atoms. The Bertz CT molecular complexity index is 2770. The van der Waals surface area contributed by atoms with Crippen molar-refractivity contribution in [1.82, 2.24) is 4.57 Å². The number of benzene rings is 7. The zero-order valence-electron chi connectivity index (χ0n) is 29.4. The summed E-state index contributed by atoms with van der Waals surface area (Å²) < 4.78 is 9.09. The molecule has 0 fully saturated rings. The van der Waals surface area contributed by atoms with Crippen molar-refractivity contribution in [3.05, 3.63) is 223 Å². The number of hydrogen-bond acceptors (Lipinski definition) is 2. The van der Waals surface area contributed by atoms with Crippen LogP contribution >= 0.6 is 0 Å². The first-order chi connectivity index (χ1) is 26.2. The van der Waals surface area contributed by atoms with Gasteiger partial charge in [0.1, 0.15) is 11.5 Å². The molecule has 1 atom stereocenters. The number of nitrogens with zero attached hydrogens (tertiary/aromatic N) is 2. The van der Waals surface area contributed by atoms with Crippen LogP contribution in [0.1, 0.15) is 23.6 Å². The first kappa shape index (κ1) is 30.9. The van der Waals surface area contributed by atoms with Crippen LogP contribution in [0.25, 0.3) is 38.6 Å². The standard InChI is InChI=1S/C50H36N2O/c1-3-4-22-41-34(2)53-49-27-16-13-24-43(49)50(41)42-23-12-15-26-46(42)52(38-30-28-36(29-31-38)35-17-7-5-8-18-35)48-32-40-39-21-11-14-25-45(39)51(47(40)33-44(48)50)37-19-9-6-10-20-37/h3-33H,1H2,2H3/b22-4-. The van der Waals surface area contributed by atoms with E-state index in [1.807, 2.05) is 12.2 Å². The van der Waals surface area contributed by atoms with Crippen molar-refractivity contribution in [2.45, 2.75) is 12.3 Å². The molecule has 3 heterocycles. The molecule has 0 bridgehead atoms. The summed E-state index contributed by atoms with van der Waals surface area (Å²) in [7, 11) is 0. The van der Waals surface area contributed by atoms with Gasteiger partial charge in [0.05, 0.1) is 27.8 Å². The molecule has 2 aliphatic heterocycles. The van der Waals surface area contributed by atoms with E-state index in [-0.39, 0.29) is 0 Å². The van der Waals surface area contributed by atoms with Crippen molar-refractivity contribution in [2.75, 3.05) is 4.90 Å². The lowest BCUT2D eigenvalue weighted by Gasteiger charge is -2.49. The lowest BCUT2D eigenvalue weighted by Crippen LogP contribution is -2.40. The van der Waals surface area contributed by atoms with Crippen molar-refractivity contribution in [3.63, 3.8) is 0 Å². The highest BCUT2D eigenvalue weighted by Crippen LogP contribution is 2.62. The van der Waals surface area contributed by atoms with Crippen molar-refractivity contribution in [2.24, 2.45) is 0 Å². The largest absolute Gasteiger partial charge is 0.461 e. The summed E-state index contributed by atoms with van der Waals surface area (Å²) in [5.41, 5.74) is 13.1. The van der Waals surface area contributed by atoms with Crippen LogP contribution in [0.3, 0.4) is 0 Å². The maximum absolute atomic E-state index is 6.67. The molecule has 8 aromatic rings. The molecule has 2 aliphatic rings. The molecule has 10 rings (SSSR count). The summed E-state index contributed by atoms with van der Waals surface area (Å²) in [6.45, 7) is 6.16. The molecule has 0 N–H and O–H groups in total. The van der Waals surface area contributed by atoms with Crippen molar-refractivity contribution < 1.29 is 4.74 Å². The van der Waals surface area contributed by atoms with Crippen molar-refractivity contribution >= 4 is 38.9 Å². The van der Waals surface area contributed by atoms with Crippen LogP contribution < -0.4 is 9.64 Å². The Labute approximate surface area is 309 Å². The van der Waals surface area contributed by atoms with Crippen LogP contribution in [0.15, 0.2) is 206 Å². The number of hydrogen-bond donors (Lipinski definition) is 0. The Hall–Kier alpha value is -6.84. The molecule has 3 nitrogen and oxygen atoms in total. The van der Waals surface area contributed by atoms with E-state index in [2.05, 4.69) is 199 Å². The first-order valence-corrected chi connectivity index (χ1v) is 18.1. The predicted molar refractivity (Wildman–Crippen MR) is 220 cm³/mol. The van der Waals surface area contributed by atoms with Crippen LogP contribution in [-0.2, 0) is 5.41 Å². The van der Waals surface area contributed by atoms with Crippen LogP contribution in [0.2, 0.25) is 0 Å². The van der Waals surface area contributed by atoms with Gasteiger partial charge in [-0.3, -0.25) is 0 Å². The monoisotopic (exact) mass is 680 g/mol. The Morgan fingerprint density at radius 3 is 2.00 bits per heavy atom. The lowest BCUT2D eigenvalue weighted by atomic mass is 9.60. The van der Waals surface area contributed by atoms with Gasteiger partial charge in [-0.25, -0.2) is 0 Å². The molecule has 53 heavy (non-hydrogen) atoms. The van der Waals surface area contributed by atoms with E-state index >= 15 is 0 Å². The van der Waals surface area contributed by atoms with Crippen molar-refractivity contribution in [3.8, 4) is 22.6 Å². The van der Waals surface area contributed by atoms with Crippen LogP contribution in [0.4, 0.5) is 17.1 Å². The third-order valence-corrected chi connectivity index (χ3v) is 11.0. The summed E-state index contributed by atoms with van der Waals surface area (Å²) in [5.74, 6) is 1.73. The Balaban J connectivity index is 1.36. The molecule has 1 unspecified atom stereocenters. The second-order valence-electron chi connectivity index (χ2n) is 13.8. The molecule has 7 aromatic carbocycles. The number of para-hydroxylation sites is 4. The van der Waals surface area contributed by atoms with Gasteiger partial charge in [0.15, 0.2) is 0 Å². The zero-order chi connectivity index (χ0) is 35.5. The van der Waals surface area contributed by atoms with Gasteiger partial charge in [0.25, 0.3) is 0 Å². The van der Waals surface area contributed by atoms with Gasteiger partial charge in [0.2, 0.25) is 0 Å². The zero-order valence-corrected chi connectivity index (χ0v) is 29.4. The Kier molecular flexibility index (Phi) is 7.09. The maximum atomic E-state index is 6.67. The third-order valence-electron chi connectivity index (χ3n) is 11.0. The van der Waals surface area contributed by atoms with Gasteiger partial charge in [-0.15, -0.1) is 0 Å². The molecule has 0 saturated carbocycles. The molecule has 0 radical (unpaired) electrons. The smallest absolute Gasteiger partial charge is 0.131 e. The molecular weight excluding hydrogens is 645 g/mol. The van der Waals surface area contributed by atoms with E-state index in [1.165, 1.54) is 38.5 Å². The van der Waals surface area contributed by atoms with E-state index in [4.69, 9.17) is 4.74 Å². The Morgan fingerprint density at radius 1 is 0.547 bits per heavy atom. The van der Waals surface area contributed by atoms with Gasteiger partial charge >= 0.3 is 0 Å². The second kappa shape index (κ2) is 12.1. The normalized spacial score (nSPS) is 16.1. The van der Waals surface area contributed by atoms with E-state index in [0.717, 1.165) is 50.9 Å². The molecule has 0 amide bonds. The van der Waals surface area contributed by atoms with Gasteiger partial charge in [0, 0.05) is 33.3 Å². The maximum Gasteiger partial charge on any atom is 0.131 e. The summed E-state index contributed by atoms with van der Waals surface area (Å²) in [5, 5.41) is 2.42. The fraction of sp³-hybridized carbons (Fsp3) is 0.0400. The van der Waals surface area contributed by atoms with E-state index < -0.39 is 5.41 Å². The number of ether oxygens (including phenoxy) is 1. The highest BCUT2D eigenvalue weighted by molar-refractivity contribution is 6.12. The topological polar surface area (TPSA) is 17.4 Å². The van der Waals surface area contributed by atoms with E-state index in [9.17, 15) is 0 Å².